The van der Waals surface area contributed by atoms with Gasteiger partial charge in [0, 0.05) is 12.8 Å². The van der Waals surface area contributed by atoms with Crippen molar-refractivity contribution in [2.45, 2.75) is 224 Å². The van der Waals surface area contributed by atoms with Gasteiger partial charge in [-0.3, -0.25) is 9.59 Å². The molecule has 0 radical (unpaired) electrons. The maximum absolute atomic E-state index is 12.7. The predicted octanol–water partition coefficient (Wildman–Crippen LogP) is 9.04. The molecule has 1 saturated heterocycles. The summed E-state index contributed by atoms with van der Waals surface area (Å²) in [5.41, 5.74) is 0. The van der Waals surface area contributed by atoms with Crippen molar-refractivity contribution in [3.63, 3.8) is 0 Å². The molecular formula is C44H78O11. The van der Waals surface area contributed by atoms with Crippen molar-refractivity contribution >= 4 is 17.9 Å². The monoisotopic (exact) mass is 783 g/mol. The van der Waals surface area contributed by atoms with Crippen LogP contribution in [0.1, 0.15) is 187 Å². The molecule has 0 aromatic heterocycles. The summed E-state index contributed by atoms with van der Waals surface area (Å²) in [5, 5.41) is 39.7. The molecule has 11 heteroatoms. The van der Waals surface area contributed by atoms with Crippen LogP contribution >= 0.6 is 0 Å². The molecule has 1 rings (SSSR count). The highest BCUT2D eigenvalue weighted by atomic mass is 16.7. The van der Waals surface area contributed by atoms with E-state index >= 15 is 0 Å². The molecule has 0 aliphatic carbocycles. The topological polar surface area (TPSA) is 169 Å². The van der Waals surface area contributed by atoms with E-state index in [0.717, 1.165) is 77.0 Å². The van der Waals surface area contributed by atoms with Gasteiger partial charge in [0.05, 0.1) is 6.61 Å². The van der Waals surface area contributed by atoms with E-state index in [-0.39, 0.29) is 19.4 Å². The van der Waals surface area contributed by atoms with Gasteiger partial charge in [-0.2, -0.15) is 0 Å². The Labute approximate surface area is 332 Å². The molecule has 0 spiro atoms. The van der Waals surface area contributed by atoms with Crippen molar-refractivity contribution in [3.05, 3.63) is 24.3 Å². The third-order valence-electron chi connectivity index (χ3n) is 10.0. The zero-order valence-corrected chi connectivity index (χ0v) is 34.4. The van der Waals surface area contributed by atoms with Crippen molar-refractivity contribution < 1.29 is 53.8 Å². The van der Waals surface area contributed by atoms with Crippen molar-refractivity contribution in [1.82, 2.24) is 0 Å². The van der Waals surface area contributed by atoms with Gasteiger partial charge in [0.2, 0.25) is 0 Å². The average Bonchev–Trinajstić information content (AvgIpc) is 3.17. The summed E-state index contributed by atoms with van der Waals surface area (Å²) in [5.74, 6) is -2.46. The molecule has 1 fully saturated rings. The summed E-state index contributed by atoms with van der Waals surface area (Å²) in [6.07, 6.45) is 28.0. The predicted molar refractivity (Wildman–Crippen MR) is 215 cm³/mol. The van der Waals surface area contributed by atoms with E-state index in [1.54, 1.807) is 0 Å². The molecule has 4 N–H and O–H groups in total. The van der Waals surface area contributed by atoms with E-state index in [2.05, 4.69) is 38.2 Å². The van der Waals surface area contributed by atoms with Crippen LogP contribution in [0.5, 0.6) is 0 Å². The normalized spacial score (nSPS) is 20.6. The van der Waals surface area contributed by atoms with Crippen LogP contribution in [0.2, 0.25) is 0 Å². The fraction of sp³-hybridized carbons (Fsp3) is 0.841. The molecule has 1 heterocycles. The maximum atomic E-state index is 12.7. The quantitative estimate of drug-likeness (QED) is 0.0272. The van der Waals surface area contributed by atoms with Gasteiger partial charge >= 0.3 is 17.9 Å². The standard InChI is InChI=1S/C44H78O11/c1-3-5-7-9-11-13-15-17-18-19-21-22-24-26-28-30-32-37(45)52-34-36(35-53-44-41(49)39(47)40(48)42(55-44)43(50)51)54-38(46)33-31-29-27-25-23-20-16-14-12-10-8-6-4-2/h14,16,18-19,36,39-42,44,47-49H,3-13,15,17,20-35H2,1-2H3,(H,50,51)/b16-14-,19-18-. The number of carbonyl (C=O) groups is 3. The minimum Gasteiger partial charge on any atom is -0.479 e. The number of esters is 2. The van der Waals surface area contributed by atoms with Crippen LogP contribution in [0.3, 0.4) is 0 Å². The summed E-state index contributed by atoms with van der Waals surface area (Å²) in [6, 6.07) is 0. The molecule has 11 nitrogen and oxygen atoms in total. The van der Waals surface area contributed by atoms with Crippen LogP contribution in [0.25, 0.3) is 0 Å². The number of carbonyl (C=O) groups excluding carboxylic acids is 2. The van der Waals surface area contributed by atoms with E-state index in [1.165, 1.54) is 70.6 Å². The highest BCUT2D eigenvalue weighted by Crippen LogP contribution is 2.23. The average molecular weight is 783 g/mol. The van der Waals surface area contributed by atoms with Crippen LogP contribution in [-0.4, -0.2) is 88.4 Å². The fourth-order valence-electron chi connectivity index (χ4n) is 6.51. The molecule has 55 heavy (non-hydrogen) atoms. The number of rotatable bonds is 36. The van der Waals surface area contributed by atoms with Crippen LogP contribution in [0, 0.1) is 0 Å². The van der Waals surface area contributed by atoms with E-state index in [4.69, 9.17) is 18.9 Å². The van der Waals surface area contributed by atoms with Crippen LogP contribution in [0.4, 0.5) is 0 Å². The van der Waals surface area contributed by atoms with Gasteiger partial charge in [0.1, 0.15) is 24.9 Å². The molecule has 6 unspecified atom stereocenters. The number of aliphatic hydroxyl groups excluding tert-OH is 3. The first-order valence-electron chi connectivity index (χ1n) is 21.9. The number of carboxylic acid groups (broad SMARTS) is 1. The maximum Gasteiger partial charge on any atom is 0.335 e. The van der Waals surface area contributed by atoms with Crippen LogP contribution in [-0.2, 0) is 33.3 Å². The summed E-state index contributed by atoms with van der Waals surface area (Å²) in [4.78, 5) is 36.7. The zero-order chi connectivity index (χ0) is 40.4. The number of hydrogen-bond acceptors (Lipinski definition) is 10. The van der Waals surface area contributed by atoms with Crippen molar-refractivity contribution in [2.24, 2.45) is 0 Å². The third kappa shape index (κ3) is 27.0. The molecule has 0 saturated carbocycles. The molecule has 0 aromatic rings. The first-order valence-corrected chi connectivity index (χ1v) is 21.9. The third-order valence-corrected chi connectivity index (χ3v) is 10.0. The van der Waals surface area contributed by atoms with Gasteiger partial charge in [-0.25, -0.2) is 4.79 Å². The Bertz CT molecular complexity index is 1020. The van der Waals surface area contributed by atoms with Gasteiger partial charge in [-0.15, -0.1) is 0 Å². The van der Waals surface area contributed by atoms with Crippen molar-refractivity contribution in [1.29, 1.82) is 0 Å². The number of hydrogen-bond donors (Lipinski definition) is 4. The summed E-state index contributed by atoms with van der Waals surface area (Å²) in [7, 11) is 0. The lowest BCUT2D eigenvalue weighted by Crippen LogP contribution is -2.60. The largest absolute Gasteiger partial charge is 0.479 e. The van der Waals surface area contributed by atoms with Crippen molar-refractivity contribution in [3.8, 4) is 0 Å². The Morgan fingerprint density at radius 2 is 0.964 bits per heavy atom. The Balaban J connectivity index is 2.39. The Morgan fingerprint density at radius 3 is 1.44 bits per heavy atom. The number of unbranched alkanes of at least 4 members (excludes halogenated alkanes) is 21. The summed E-state index contributed by atoms with van der Waals surface area (Å²) in [6.45, 7) is 3.77. The number of carboxylic acids is 1. The second kappa shape index (κ2) is 34.9. The van der Waals surface area contributed by atoms with Crippen molar-refractivity contribution in [2.75, 3.05) is 13.2 Å². The molecule has 1 aliphatic heterocycles. The lowest BCUT2D eigenvalue weighted by molar-refractivity contribution is -0.298. The van der Waals surface area contributed by atoms with E-state index in [9.17, 15) is 34.8 Å². The smallest absolute Gasteiger partial charge is 0.335 e. The highest BCUT2D eigenvalue weighted by Gasteiger charge is 2.47. The lowest BCUT2D eigenvalue weighted by Gasteiger charge is -2.38. The molecule has 0 aromatic carbocycles. The van der Waals surface area contributed by atoms with E-state index < -0.39 is 61.3 Å². The molecule has 1 aliphatic rings. The second-order valence-corrected chi connectivity index (χ2v) is 15.2. The minimum absolute atomic E-state index is 0.172. The Morgan fingerprint density at radius 1 is 0.545 bits per heavy atom. The van der Waals surface area contributed by atoms with Gasteiger partial charge in [0.15, 0.2) is 18.5 Å². The second-order valence-electron chi connectivity index (χ2n) is 15.2. The molecule has 6 atom stereocenters. The lowest BCUT2D eigenvalue weighted by atomic mass is 9.99. The van der Waals surface area contributed by atoms with Gasteiger partial charge in [-0.05, 0) is 64.2 Å². The zero-order valence-electron chi connectivity index (χ0n) is 34.4. The SMILES string of the molecule is CCCCCC/C=C\CCCCCCCC(=O)OC(COC(=O)CCCCCCC/C=C\CCCCCCCCC)COC1OC(C(=O)O)C(O)C(O)C1O. The number of aliphatic carboxylic acids is 1. The summed E-state index contributed by atoms with van der Waals surface area (Å²) >= 11 is 0. The number of allylic oxidation sites excluding steroid dienone is 4. The fourth-order valence-corrected chi connectivity index (χ4v) is 6.51. The minimum atomic E-state index is -1.86. The van der Waals surface area contributed by atoms with Crippen LogP contribution in [0.15, 0.2) is 24.3 Å². The van der Waals surface area contributed by atoms with Gasteiger partial charge in [-0.1, -0.05) is 134 Å². The Kier molecular flexibility index (Phi) is 32.2. The molecular weight excluding hydrogens is 704 g/mol. The van der Waals surface area contributed by atoms with E-state index in [0.29, 0.717) is 12.8 Å². The number of ether oxygens (including phenoxy) is 4. The first-order chi connectivity index (χ1) is 26.7. The van der Waals surface area contributed by atoms with Gasteiger partial charge < -0.3 is 39.4 Å². The van der Waals surface area contributed by atoms with Gasteiger partial charge in [0.25, 0.3) is 0 Å². The first kappa shape index (κ1) is 50.7. The molecule has 320 valence electrons. The molecule has 0 amide bonds. The van der Waals surface area contributed by atoms with Crippen LogP contribution < -0.4 is 0 Å². The Hall–Kier alpha value is -2.31. The summed E-state index contributed by atoms with van der Waals surface area (Å²) < 4.78 is 21.7. The number of aliphatic hydroxyl groups is 3. The van der Waals surface area contributed by atoms with E-state index in [1.807, 2.05) is 0 Å². The molecule has 0 bridgehead atoms. The highest BCUT2D eigenvalue weighted by molar-refractivity contribution is 5.73.